The first kappa shape index (κ1) is 21.0. The Morgan fingerprint density at radius 3 is 2.71 bits per heavy atom. The molecule has 0 bridgehead atoms. The van der Waals surface area contributed by atoms with E-state index in [-0.39, 0.29) is 11.4 Å². The zero-order chi connectivity index (χ0) is 24.1. The molecule has 0 fully saturated rings. The first-order valence-corrected chi connectivity index (χ1v) is 10.8. The largest absolute Gasteiger partial charge is 0.472 e. The number of hydrogen-bond acceptors (Lipinski definition) is 5. The van der Waals surface area contributed by atoms with Crippen molar-refractivity contribution in [1.29, 1.82) is 0 Å². The quantitative estimate of drug-likeness (QED) is 0.400. The zero-order valence-electron chi connectivity index (χ0n) is 18.4. The highest BCUT2D eigenvalue weighted by Crippen LogP contribution is 2.28. The van der Waals surface area contributed by atoms with Gasteiger partial charge >= 0.3 is 0 Å². The third kappa shape index (κ3) is 3.68. The number of aromatic amines is 1. The van der Waals surface area contributed by atoms with E-state index in [2.05, 4.69) is 20.2 Å². The van der Waals surface area contributed by atoms with Crippen LogP contribution in [0.4, 0.5) is 8.78 Å². The van der Waals surface area contributed by atoms with Gasteiger partial charge < -0.3 is 9.72 Å². The van der Waals surface area contributed by atoms with E-state index in [1.807, 2.05) is 55.8 Å². The number of ether oxygens (including phenoxy) is 1. The molecule has 6 rings (SSSR count). The average molecular weight is 472 g/mol. The van der Waals surface area contributed by atoms with Gasteiger partial charge in [-0.15, -0.1) is 0 Å². The maximum Gasteiger partial charge on any atom is 0.281 e. The topological polar surface area (TPSA) is 90.6 Å². The Labute approximate surface area is 196 Å². The summed E-state index contributed by atoms with van der Waals surface area (Å²) in [4.78, 5) is 21.4. The van der Waals surface area contributed by atoms with E-state index in [0.717, 1.165) is 21.8 Å². The van der Waals surface area contributed by atoms with Crippen molar-refractivity contribution in [3.63, 3.8) is 0 Å². The second-order valence-corrected chi connectivity index (χ2v) is 8.14. The lowest BCUT2D eigenvalue weighted by Gasteiger charge is -2.12. The third-order valence-electron chi connectivity index (χ3n) is 5.75. The fourth-order valence-corrected chi connectivity index (χ4v) is 4.20. The van der Waals surface area contributed by atoms with Crippen LogP contribution in [0.5, 0.6) is 5.88 Å². The molecule has 0 atom stereocenters. The Balaban J connectivity index is 1.61. The van der Waals surface area contributed by atoms with E-state index >= 15 is 0 Å². The van der Waals surface area contributed by atoms with E-state index in [1.54, 1.807) is 16.8 Å². The molecule has 4 heterocycles. The van der Waals surface area contributed by atoms with E-state index in [1.165, 1.54) is 10.7 Å². The lowest BCUT2D eigenvalue weighted by atomic mass is 10.0. The summed E-state index contributed by atoms with van der Waals surface area (Å²) in [7, 11) is 1.83. The van der Waals surface area contributed by atoms with Crippen molar-refractivity contribution >= 4 is 32.8 Å². The normalized spacial score (nSPS) is 11.8. The summed E-state index contributed by atoms with van der Waals surface area (Å²) >= 11 is 0. The maximum absolute atomic E-state index is 13.8. The molecule has 0 spiro atoms. The van der Waals surface area contributed by atoms with Gasteiger partial charge in [-0.25, -0.2) is 13.8 Å². The van der Waals surface area contributed by atoms with Crippen molar-refractivity contribution in [3.8, 4) is 22.7 Å². The molecule has 0 saturated heterocycles. The number of rotatable bonds is 5. The molecule has 6 aromatic rings. The van der Waals surface area contributed by atoms with Crippen molar-refractivity contribution < 1.29 is 13.5 Å². The smallest absolute Gasteiger partial charge is 0.281 e. The Bertz CT molecular complexity index is 1790. The van der Waals surface area contributed by atoms with Crippen molar-refractivity contribution in [2.45, 2.75) is 6.43 Å². The highest BCUT2D eigenvalue weighted by molar-refractivity contribution is 5.94. The van der Waals surface area contributed by atoms with Crippen molar-refractivity contribution in [1.82, 2.24) is 29.5 Å². The molecule has 0 aliphatic carbocycles. The molecule has 0 amide bonds. The number of benzene rings is 2. The van der Waals surface area contributed by atoms with E-state index in [4.69, 9.17) is 4.74 Å². The van der Waals surface area contributed by atoms with Gasteiger partial charge in [0.2, 0.25) is 5.88 Å². The van der Waals surface area contributed by atoms with Crippen LogP contribution in [0.15, 0.2) is 71.8 Å². The minimum Gasteiger partial charge on any atom is -0.472 e. The lowest BCUT2D eigenvalue weighted by molar-refractivity contribution is 0.0798. The lowest BCUT2D eigenvalue weighted by Crippen LogP contribution is -2.23. The number of aryl methyl sites for hydroxylation is 1. The Morgan fingerprint density at radius 2 is 1.86 bits per heavy atom. The van der Waals surface area contributed by atoms with Crippen LogP contribution in [0.1, 0.15) is 0 Å². The number of alkyl halides is 2. The summed E-state index contributed by atoms with van der Waals surface area (Å²) in [6.45, 7) is -0.793. The van der Waals surface area contributed by atoms with Crippen LogP contribution in [-0.4, -0.2) is 42.6 Å². The third-order valence-corrected chi connectivity index (χ3v) is 5.75. The van der Waals surface area contributed by atoms with E-state index < -0.39 is 18.6 Å². The highest BCUT2D eigenvalue weighted by Gasteiger charge is 2.18. The number of hydrogen-bond donors (Lipinski definition) is 1. The van der Waals surface area contributed by atoms with Crippen LogP contribution in [0.25, 0.3) is 49.7 Å². The van der Waals surface area contributed by atoms with E-state index in [9.17, 15) is 13.6 Å². The molecule has 0 saturated carbocycles. The summed E-state index contributed by atoms with van der Waals surface area (Å²) in [5.41, 5.74) is 3.51. The molecule has 0 aliphatic rings. The molecule has 0 radical (unpaired) electrons. The molecule has 174 valence electrons. The summed E-state index contributed by atoms with van der Waals surface area (Å²) < 4.78 is 33.5. The molecule has 2 aromatic carbocycles. The SMILES string of the molecule is Cn1cc2cc(-n3nc4ccc(OCC(F)F)nc4c(-c4ccc5[nH]ccc5c4)c3=O)ccc2n1. The summed E-state index contributed by atoms with van der Waals surface area (Å²) in [5.74, 6) is -0.00231. The first-order chi connectivity index (χ1) is 17.0. The number of halogens is 2. The fourth-order valence-electron chi connectivity index (χ4n) is 4.20. The van der Waals surface area contributed by atoms with Gasteiger partial charge in [0.15, 0.2) is 6.61 Å². The van der Waals surface area contributed by atoms with Gasteiger partial charge in [0.05, 0.1) is 16.8 Å². The zero-order valence-corrected chi connectivity index (χ0v) is 18.4. The number of aromatic nitrogens is 6. The standard InChI is InChI=1S/C25H18F2N6O2/c1-32-12-16-11-17(3-5-19(16)30-32)33-25(34)23(15-2-4-18-14(10-15)8-9-28-18)24-20(31-33)6-7-22(29-24)35-13-21(26)27/h2-12,21,28H,13H2,1H3. The predicted molar refractivity (Wildman–Crippen MR) is 128 cm³/mol. The van der Waals surface area contributed by atoms with Gasteiger partial charge in [-0.05, 0) is 53.4 Å². The van der Waals surface area contributed by atoms with Gasteiger partial charge in [-0.3, -0.25) is 9.48 Å². The second-order valence-electron chi connectivity index (χ2n) is 8.14. The molecular formula is C25H18F2N6O2. The highest BCUT2D eigenvalue weighted by atomic mass is 19.3. The summed E-state index contributed by atoms with van der Waals surface area (Å²) in [6, 6.07) is 16.0. The number of fused-ring (bicyclic) bond motifs is 3. The second kappa shape index (κ2) is 8.01. The Morgan fingerprint density at radius 1 is 1.00 bits per heavy atom. The monoisotopic (exact) mass is 472 g/mol. The van der Waals surface area contributed by atoms with Gasteiger partial charge in [0.1, 0.15) is 11.0 Å². The molecule has 35 heavy (non-hydrogen) atoms. The van der Waals surface area contributed by atoms with Crippen molar-refractivity contribution in [3.05, 3.63) is 77.3 Å². The van der Waals surface area contributed by atoms with Crippen LogP contribution in [0, 0.1) is 0 Å². The molecule has 8 nitrogen and oxygen atoms in total. The fraction of sp³-hybridized carbons (Fsp3) is 0.120. The van der Waals surface area contributed by atoms with Gasteiger partial charge in [-0.2, -0.15) is 14.9 Å². The van der Waals surface area contributed by atoms with Crippen LogP contribution in [0.2, 0.25) is 0 Å². The molecular weight excluding hydrogens is 454 g/mol. The molecule has 4 aromatic heterocycles. The number of nitrogens with zero attached hydrogens (tertiary/aromatic N) is 5. The molecule has 0 unspecified atom stereocenters. The number of pyridine rings is 1. The van der Waals surface area contributed by atoms with Crippen LogP contribution >= 0.6 is 0 Å². The van der Waals surface area contributed by atoms with Gasteiger partial charge in [-0.1, -0.05) is 6.07 Å². The summed E-state index contributed by atoms with van der Waals surface area (Å²) in [5, 5.41) is 10.7. The maximum atomic E-state index is 13.8. The van der Waals surface area contributed by atoms with Crippen LogP contribution in [-0.2, 0) is 7.05 Å². The first-order valence-electron chi connectivity index (χ1n) is 10.8. The number of H-pyrrole nitrogens is 1. The van der Waals surface area contributed by atoms with Crippen LogP contribution in [0.3, 0.4) is 0 Å². The van der Waals surface area contributed by atoms with Crippen molar-refractivity contribution in [2.75, 3.05) is 6.61 Å². The Kier molecular flexibility index (Phi) is 4.80. The molecule has 0 aliphatic heterocycles. The summed E-state index contributed by atoms with van der Waals surface area (Å²) in [6.07, 6.45) is 1.03. The minimum absolute atomic E-state index is 0.00231. The van der Waals surface area contributed by atoms with Gasteiger partial charge in [0.25, 0.3) is 12.0 Å². The molecule has 10 heteroatoms. The van der Waals surface area contributed by atoms with Crippen LogP contribution < -0.4 is 10.3 Å². The van der Waals surface area contributed by atoms with Gasteiger partial charge in [0, 0.05) is 36.4 Å². The van der Waals surface area contributed by atoms with Crippen molar-refractivity contribution in [2.24, 2.45) is 7.05 Å². The minimum atomic E-state index is -2.64. The van der Waals surface area contributed by atoms with E-state index in [0.29, 0.717) is 22.3 Å². The number of nitrogens with one attached hydrogen (secondary N) is 1. The predicted octanol–water partition coefficient (Wildman–Crippen LogP) is 4.46. The average Bonchev–Trinajstić information content (AvgIpc) is 3.46. The Hall–Kier alpha value is -4.60. The molecule has 1 N–H and O–H groups in total.